The minimum absolute atomic E-state index is 0.171. The van der Waals surface area contributed by atoms with E-state index in [1.807, 2.05) is 43.3 Å². The van der Waals surface area contributed by atoms with Crippen LogP contribution in [0.25, 0.3) is 11.8 Å². The molecular formula is C31H31N3O3S. The third-order valence-electron chi connectivity index (χ3n) is 7.27. The van der Waals surface area contributed by atoms with Crippen molar-refractivity contribution < 1.29 is 9.53 Å². The smallest absolute Gasteiger partial charge is 0.338 e. The van der Waals surface area contributed by atoms with Gasteiger partial charge in [0.1, 0.15) is 0 Å². The summed E-state index contributed by atoms with van der Waals surface area (Å²) in [4.78, 5) is 32.2. The molecule has 38 heavy (non-hydrogen) atoms. The maximum Gasteiger partial charge on any atom is 0.338 e. The number of aromatic nitrogens is 2. The number of ether oxygens (including phenoxy) is 1. The van der Waals surface area contributed by atoms with Crippen LogP contribution in [0.2, 0.25) is 0 Å². The van der Waals surface area contributed by atoms with Gasteiger partial charge >= 0.3 is 5.97 Å². The number of benzene rings is 2. The lowest BCUT2D eigenvalue weighted by molar-refractivity contribution is -0.136. The van der Waals surface area contributed by atoms with Gasteiger partial charge in [-0.2, -0.15) is 0 Å². The number of nitrogens with zero attached hydrogens (tertiary/aromatic N) is 3. The maximum atomic E-state index is 13.9. The number of fused-ring (bicyclic) bond motifs is 1. The van der Waals surface area contributed by atoms with Crippen molar-refractivity contribution in [1.82, 2.24) is 9.13 Å². The fourth-order valence-electron chi connectivity index (χ4n) is 5.15. The highest BCUT2D eigenvalue weighted by Gasteiger charge is 2.33. The van der Waals surface area contributed by atoms with Crippen LogP contribution >= 0.6 is 11.3 Å². The van der Waals surface area contributed by atoms with Gasteiger partial charge in [-0.15, -0.1) is 0 Å². The van der Waals surface area contributed by atoms with Crippen molar-refractivity contribution in [1.29, 1.82) is 0 Å². The van der Waals surface area contributed by atoms with Crippen molar-refractivity contribution in [3.63, 3.8) is 0 Å². The molecule has 0 saturated carbocycles. The minimum atomic E-state index is -0.597. The predicted molar refractivity (Wildman–Crippen MR) is 152 cm³/mol. The first-order valence-electron chi connectivity index (χ1n) is 12.7. The van der Waals surface area contributed by atoms with Gasteiger partial charge in [0.05, 0.1) is 29.0 Å². The standard InChI is InChI=1S/C31H31N3O3S/c1-7-25-27(30(36)37-6)28(22-11-9-8-10-12-22)34-29(35)26(38-31(34)32-25)17-23-16-20(4)33(21(23)5)24-14-13-18(2)19(3)15-24/h8-17,28H,7H2,1-6H3/b26-17-/t28-/m1/s1. The molecule has 4 aromatic rings. The van der Waals surface area contributed by atoms with Crippen molar-refractivity contribution in [3.05, 3.63) is 119 Å². The average molecular weight is 526 g/mol. The molecule has 0 N–H and O–H groups in total. The topological polar surface area (TPSA) is 65.6 Å². The molecule has 7 heteroatoms. The Morgan fingerprint density at radius 3 is 2.45 bits per heavy atom. The van der Waals surface area contributed by atoms with Gasteiger partial charge in [-0.05, 0) is 80.6 Å². The lowest BCUT2D eigenvalue weighted by Crippen LogP contribution is -2.40. The Kier molecular flexibility index (Phi) is 6.80. The summed E-state index contributed by atoms with van der Waals surface area (Å²) in [5, 5.41) is 0. The zero-order valence-corrected chi connectivity index (χ0v) is 23.3. The van der Waals surface area contributed by atoms with Gasteiger partial charge in [-0.3, -0.25) is 9.36 Å². The first-order valence-corrected chi connectivity index (χ1v) is 13.5. The van der Waals surface area contributed by atoms with Crippen LogP contribution in [0, 0.1) is 27.7 Å². The molecule has 0 aliphatic carbocycles. The Balaban J connectivity index is 1.71. The number of carbonyl (C=O) groups is 1. The molecule has 0 fully saturated rings. The molecule has 5 rings (SSSR count). The van der Waals surface area contributed by atoms with Gasteiger partial charge in [-0.1, -0.05) is 54.7 Å². The highest BCUT2D eigenvalue weighted by Crippen LogP contribution is 2.31. The summed E-state index contributed by atoms with van der Waals surface area (Å²) in [6.07, 6.45) is 2.50. The molecule has 0 saturated heterocycles. The second-order valence-corrected chi connectivity index (χ2v) is 10.6. The molecule has 0 amide bonds. The van der Waals surface area contributed by atoms with E-state index in [-0.39, 0.29) is 5.56 Å². The van der Waals surface area contributed by atoms with Gasteiger partial charge < -0.3 is 9.30 Å². The van der Waals surface area contributed by atoms with Gasteiger partial charge in [0.25, 0.3) is 5.56 Å². The SMILES string of the molecule is CCC1=C(C(=O)OC)[C@@H](c2ccccc2)n2c(s/c(=C\c3cc(C)n(-c4ccc(C)c(C)c4)c3C)c2=O)=N1. The lowest BCUT2D eigenvalue weighted by atomic mass is 9.95. The summed E-state index contributed by atoms with van der Waals surface area (Å²) in [5.41, 5.74) is 8.44. The molecule has 0 spiro atoms. The van der Waals surface area contributed by atoms with Crippen LogP contribution in [-0.2, 0) is 9.53 Å². The quantitative estimate of drug-likeness (QED) is 0.351. The third-order valence-corrected chi connectivity index (χ3v) is 8.25. The second-order valence-electron chi connectivity index (χ2n) is 9.63. The largest absolute Gasteiger partial charge is 0.466 e. The fourth-order valence-corrected chi connectivity index (χ4v) is 6.16. The molecule has 1 aliphatic heterocycles. The molecular weight excluding hydrogens is 494 g/mol. The van der Waals surface area contributed by atoms with Crippen LogP contribution in [0.1, 0.15) is 53.0 Å². The Morgan fingerprint density at radius 2 is 1.79 bits per heavy atom. The molecule has 0 unspecified atom stereocenters. The van der Waals surface area contributed by atoms with Gasteiger partial charge in [0.2, 0.25) is 0 Å². The normalized spacial score (nSPS) is 15.4. The summed E-state index contributed by atoms with van der Waals surface area (Å²) < 4.78 is 9.57. The van der Waals surface area contributed by atoms with Crippen LogP contribution in [0.5, 0.6) is 0 Å². The average Bonchev–Trinajstić information content (AvgIpc) is 3.38. The van der Waals surface area contributed by atoms with Crippen LogP contribution in [0.15, 0.2) is 75.7 Å². The van der Waals surface area contributed by atoms with E-state index in [0.29, 0.717) is 27.0 Å². The molecule has 0 radical (unpaired) electrons. The van der Waals surface area contributed by atoms with Crippen molar-refractivity contribution in [2.75, 3.05) is 7.11 Å². The van der Waals surface area contributed by atoms with Crippen molar-refractivity contribution in [2.24, 2.45) is 4.99 Å². The first kappa shape index (κ1) is 25.7. The monoisotopic (exact) mass is 525 g/mol. The van der Waals surface area contributed by atoms with Crippen LogP contribution in [0.4, 0.5) is 0 Å². The van der Waals surface area contributed by atoms with Gasteiger partial charge in [0.15, 0.2) is 4.80 Å². The van der Waals surface area contributed by atoms with E-state index < -0.39 is 12.0 Å². The summed E-state index contributed by atoms with van der Waals surface area (Å²) in [7, 11) is 1.36. The number of carbonyl (C=O) groups excluding carboxylic acids is 1. The van der Waals surface area contributed by atoms with E-state index in [1.54, 1.807) is 4.57 Å². The molecule has 6 nitrogen and oxygen atoms in total. The van der Waals surface area contributed by atoms with E-state index in [1.165, 1.54) is 29.6 Å². The summed E-state index contributed by atoms with van der Waals surface area (Å²) >= 11 is 1.35. The summed E-state index contributed by atoms with van der Waals surface area (Å²) in [6.45, 7) is 10.3. The second kappa shape index (κ2) is 10.1. The summed E-state index contributed by atoms with van der Waals surface area (Å²) in [5.74, 6) is -0.467. The zero-order valence-electron chi connectivity index (χ0n) is 22.5. The molecule has 0 bridgehead atoms. The van der Waals surface area contributed by atoms with E-state index >= 15 is 0 Å². The van der Waals surface area contributed by atoms with Crippen molar-refractivity contribution in [2.45, 2.75) is 47.1 Å². The number of esters is 1. The molecule has 1 aliphatic rings. The highest BCUT2D eigenvalue weighted by molar-refractivity contribution is 7.07. The minimum Gasteiger partial charge on any atom is -0.466 e. The Bertz CT molecular complexity index is 1770. The molecule has 194 valence electrons. The zero-order chi connectivity index (χ0) is 27.1. The van der Waals surface area contributed by atoms with Crippen molar-refractivity contribution in [3.8, 4) is 5.69 Å². The Morgan fingerprint density at radius 1 is 1.05 bits per heavy atom. The molecule has 3 heterocycles. The molecule has 1 atom stereocenters. The van der Waals surface area contributed by atoms with E-state index in [0.717, 1.165) is 28.2 Å². The third kappa shape index (κ3) is 4.27. The number of hydrogen-bond donors (Lipinski definition) is 0. The van der Waals surface area contributed by atoms with Crippen LogP contribution < -0.4 is 14.9 Å². The van der Waals surface area contributed by atoms with Gasteiger partial charge in [0, 0.05) is 17.1 Å². The predicted octanol–water partition coefficient (Wildman–Crippen LogP) is 4.82. The number of allylic oxidation sites excluding steroid dienone is 1. The lowest BCUT2D eigenvalue weighted by Gasteiger charge is -2.25. The number of hydrogen-bond acceptors (Lipinski definition) is 5. The van der Waals surface area contributed by atoms with E-state index in [4.69, 9.17) is 9.73 Å². The van der Waals surface area contributed by atoms with Crippen molar-refractivity contribution >= 4 is 23.4 Å². The number of methoxy groups -OCH3 is 1. The van der Waals surface area contributed by atoms with E-state index in [9.17, 15) is 9.59 Å². The molecule has 2 aromatic carbocycles. The number of rotatable bonds is 5. The first-order chi connectivity index (χ1) is 18.2. The maximum absolute atomic E-state index is 13.9. The van der Waals surface area contributed by atoms with Crippen LogP contribution in [0.3, 0.4) is 0 Å². The molecule has 2 aromatic heterocycles. The Labute approximate surface area is 225 Å². The Hall–Kier alpha value is -3.97. The van der Waals surface area contributed by atoms with E-state index in [2.05, 4.69) is 56.5 Å². The fraction of sp³-hybridized carbons (Fsp3) is 0.258. The van der Waals surface area contributed by atoms with Crippen LogP contribution in [-0.4, -0.2) is 22.2 Å². The number of aryl methyl sites for hydroxylation is 3. The summed E-state index contributed by atoms with van der Waals surface area (Å²) in [6, 6.07) is 17.6. The van der Waals surface area contributed by atoms with Gasteiger partial charge in [-0.25, -0.2) is 9.79 Å². The highest BCUT2D eigenvalue weighted by atomic mass is 32.1. The number of thiazole rings is 1.